The zero-order valence-electron chi connectivity index (χ0n) is 13.4. The van der Waals surface area contributed by atoms with Gasteiger partial charge in [0.15, 0.2) is 0 Å². The fourth-order valence-electron chi connectivity index (χ4n) is 2.76. The predicted molar refractivity (Wildman–Crippen MR) is 93.7 cm³/mol. The van der Waals surface area contributed by atoms with E-state index in [2.05, 4.69) is 15.1 Å². The minimum atomic E-state index is -0.514. The van der Waals surface area contributed by atoms with Gasteiger partial charge in [0.25, 0.3) is 0 Å². The average Bonchev–Trinajstić information content (AvgIpc) is 3.03. The van der Waals surface area contributed by atoms with Crippen LogP contribution in [0.25, 0.3) is 33.4 Å². The number of nitrogens with zero attached hydrogens (tertiary/aromatic N) is 3. The van der Waals surface area contributed by atoms with Gasteiger partial charge in [0.05, 0.1) is 22.3 Å². The standard InChI is InChI=1S/C19H14N4O2/c1-11-17(16-7-6-13(9-22-16)19(20)24)18(23-25-11)14-8-12-4-2-3-5-15(12)21-10-14/h2-10H,1H3,(H2,20,24). The van der Waals surface area contributed by atoms with E-state index in [1.54, 1.807) is 18.3 Å². The van der Waals surface area contributed by atoms with Crippen LogP contribution in [0.2, 0.25) is 0 Å². The zero-order chi connectivity index (χ0) is 17.4. The van der Waals surface area contributed by atoms with Gasteiger partial charge in [-0.05, 0) is 31.2 Å². The van der Waals surface area contributed by atoms with E-state index in [-0.39, 0.29) is 0 Å². The molecule has 4 rings (SSSR count). The summed E-state index contributed by atoms with van der Waals surface area (Å²) in [5.41, 5.74) is 9.47. The molecule has 3 heterocycles. The first-order valence-corrected chi connectivity index (χ1v) is 7.71. The van der Waals surface area contributed by atoms with Crippen molar-refractivity contribution in [1.82, 2.24) is 15.1 Å². The molecular weight excluding hydrogens is 316 g/mol. The van der Waals surface area contributed by atoms with Crippen molar-refractivity contribution < 1.29 is 9.32 Å². The lowest BCUT2D eigenvalue weighted by atomic mass is 10.0. The molecule has 6 heteroatoms. The number of rotatable bonds is 3. The van der Waals surface area contributed by atoms with Gasteiger partial charge in [-0.3, -0.25) is 14.8 Å². The highest BCUT2D eigenvalue weighted by atomic mass is 16.5. The summed E-state index contributed by atoms with van der Waals surface area (Å²) in [6.45, 7) is 1.82. The third kappa shape index (κ3) is 2.63. The number of amides is 1. The van der Waals surface area contributed by atoms with Crippen LogP contribution in [0.15, 0.2) is 59.4 Å². The highest BCUT2D eigenvalue weighted by Gasteiger charge is 2.18. The Bertz CT molecular complexity index is 1080. The van der Waals surface area contributed by atoms with Gasteiger partial charge in [-0.2, -0.15) is 0 Å². The van der Waals surface area contributed by atoms with Crippen LogP contribution in [-0.4, -0.2) is 21.0 Å². The van der Waals surface area contributed by atoms with Crippen LogP contribution < -0.4 is 5.73 Å². The predicted octanol–water partition coefficient (Wildman–Crippen LogP) is 3.36. The molecule has 3 aromatic heterocycles. The Balaban J connectivity index is 1.84. The first-order chi connectivity index (χ1) is 12.1. The van der Waals surface area contributed by atoms with Gasteiger partial charge in [0.2, 0.25) is 5.91 Å². The Morgan fingerprint density at radius 3 is 2.68 bits per heavy atom. The molecule has 0 aliphatic carbocycles. The fraction of sp³-hybridized carbons (Fsp3) is 0.0526. The maximum Gasteiger partial charge on any atom is 0.250 e. The molecular formula is C19H14N4O2. The summed E-state index contributed by atoms with van der Waals surface area (Å²) in [6.07, 6.45) is 3.22. The second-order valence-corrected chi connectivity index (χ2v) is 5.68. The molecule has 6 nitrogen and oxygen atoms in total. The molecule has 0 saturated heterocycles. The van der Waals surface area contributed by atoms with Crippen LogP contribution in [0.3, 0.4) is 0 Å². The summed E-state index contributed by atoms with van der Waals surface area (Å²) in [4.78, 5) is 20.0. The van der Waals surface area contributed by atoms with E-state index in [4.69, 9.17) is 10.3 Å². The number of primary amides is 1. The number of aryl methyl sites for hydroxylation is 1. The molecule has 0 spiro atoms. The molecule has 4 aromatic rings. The van der Waals surface area contributed by atoms with Crippen molar-refractivity contribution in [1.29, 1.82) is 0 Å². The van der Waals surface area contributed by atoms with Crippen molar-refractivity contribution in [3.05, 3.63) is 66.2 Å². The van der Waals surface area contributed by atoms with Crippen LogP contribution in [0.4, 0.5) is 0 Å². The number of nitrogens with two attached hydrogens (primary N) is 1. The quantitative estimate of drug-likeness (QED) is 0.621. The highest BCUT2D eigenvalue weighted by Crippen LogP contribution is 2.33. The number of hydrogen-bond acceptors (Lipinski definition) is 5. The lowest BCUT2D eigenvalue weighted by Gasteiger charge is -2.04. The van der Waals surface area contributed by atoms with Gasteiger partial charge in [-0.15, -0.1) is 0 Å². The van der Waals surface area contributed by atoms with E-state index >= 15 is 0 Å². The van der Waals surface area contributed by atoms with Crippen LogP contribution >= 0.6 is 0 Å². The SMILES string of the molecule is Cc1onc(-c2cnc3ccccc3c2)c1-c1ccc(C(N)=O)cn1. The largest absolute Gasteiger partial charge is 0.366 e. The van der Waals surface area contributed by atoms with E-state index in [9.17, 15) is 4.79 Å². The van der Waals surface area contributed by atoms with Gasteiger partial charge in [-0.25, -0.2) is 0 Å². The lowest BCUT2D eigenvalue weighted by Crippen LogP contribution is -2.11. The number of carbonyl (C=O) groups is 1. The molecule has 0 bridgehead atoms. The molecule has 122 valence electrons. The topological polar surface area (TPSA) is 94.9 Å². The molecule has 25 heavy (non-hydrogen) atoms. The minimum absolute atomic E-state index is 0.353. The Labute approximate surface area is 143 Å². The van der Waals surface area contributed by atoms with Crippen molar-refractivity contribution in [3.63, 3.8) is 0 Å². The number of para-hydroxylation sites is 1. The molecule has 0 radical (unpaired) electrons. The monoisotopic (exact) mass is 330 g/mol. The molecule has 1 aromatic carbocycles. The minimum Gasteiger partial charge on any atom is -0.366 e. The number of benzene rings is 1. The normalized spacial score (nSPS) is 10.9. The van der Waals surface area contributed by atoms with Gasteiger partial charge < -0.3 is 10.3 Å². The highest BCUT2D eigenvalue weighted by molar-refractivity contribution is 5.93. The van der Waals surface area contributed by atoms with E-state index in [1.165, 1.54) is 6.20 Å². The van der Waals surface area contributed by atoms with Crippen molar-refractivity contribution in [2.75, 3.05) is 0 Å². The Hall–Kier alpha value is -3.54. The summed E-state index contributed by atoms with van der Waals surface area (Å²) in [7, 11) is 0. The van der Waals surface area contributed by atoms with Crippen molar-refractivity contribution in [2.45, 2.75) is 6.92 Å². The van der Waals surface area contributed by atoms with Gasteiger partial charge >= 0.3 is 0 Å². The third-order valence-corrected chi connectivity index (χ3v) is 4.03. The van der Waals surface area contributed by atoms with Crippen LogP contribution in [0.1, 0.15) is 16.1 Å². The van der Waals surface area contributed by atoms with E-state index < -0.39 is 5.91 Å². The van der Waals surface area contributed by atoms with E-state index in [1.807, 2.05) is 37.3 Å². The summed E-state index contributed by atoms with van der Waals surface area (Å²) in [5.74, 6) is 0.127. The second-order valence-electron chi connectivity index (χ2n) is 5.68. The summed E-state index contributed by atoms with van der Waals surface area (Å²) in [6, 6.07) is 13.3. The summed E-state index contributed by atoms with van der Waals surface area (Å²) < 4.78 is 5.38. The molecule has 1 amide bonds. The van der Waals surface area contributed by atoms with Crippen molar-refractivity contribution in [3.8, 4) is 22.5 Å². The number of fused-ring (bicyclic) bond motifs is 1. The summed E-state index contributed by atoms with van der Waals surface area (Å²) >= 11 is 0. The maximum atomic E-state index is 11.2. The zero-order valence-corrected chi connectivity index (χ0v) is 13.4. The number of carbonyl (C=O) groups excluding carboxylic acids is 1. The van der Waals surface area contributed by atoms with Gasteiger partial charge in [0, 0.05) is 23.3 Å². The smallest absolute Gasteiger partial charge is 0.250 e. The third-order valence-electron chi connectivity index (χ3n) is 4.03. The van der Waals surface area contributed by atoms with Gasteiger partial charge in [0.1, 0.15) is 11.5 Å². The summed E-state index contributed by atoms with van der Waals surface area (Å²) in [5, 5.41) is 5.20. The number of hydrogen-bond donors (Lipinski definition) is 1. The molecule has 0 aliphatic heterocycles. The van der Waals surface area contributed by atoms with E-state index in [0.29, 0.717) is 22.7 Å². The Morgan fingerprint density at radius 1 is 1.08 bits per heavy atom. The first kappa shape index (κ1) is 15.0. The average molecular weight is 330 g/mol. The number of aromatic nitrogens is 3. The fourth-order valence-corrected chi connectivity index (χ4v) is 2.76. The molecule has 2 N–H and O–H groups in total. The van der Waals surface area contributed by atoms with Crippen molar-refractivity contribution in [2.24, 2.45) is 5.73 Å². The molecule has 0 fully saturated rings. The van der Waals surface area contributed by atoms with Crippen LogP contribution in [0, 0.1) is 6.92 Å². The van der Waals surface area contributed by atoms with Crippen LogP contribution in [0.5, 0.6) is 0 Å². The van der Waals surface area contributed by atoms with Crippen molar-refractivity contribution >= 4 is 16.8 Å². The van der Waals surface area contributed by atoms with Gasteiger partial charge in [-0.1, -0.05) is 23.4 Å². The number of pyridine rings is 2. The molecule has 0 unspecified atom stereocenters. The van der Waals surface area contributed by atoms with Crippen LogP contribution in [-0.2, 0) is 0 Å². The molecule has 0 aliphatic rings. The van der Waals surface area contributed by atoms with E-state index in [0.717, 1.165) is 22.0 Å². The maximum absolute atomic E-state index is 11.2. The molecule has 0 saturated carbocycles. The Kier molecular flexibility index (Phi) is 3.50. The lowest BCUT2D eigenvalue weighted by molar-refractivity contribution is 0.1000. The second kappa shape index (κ2) is 5.83. The first-order valence-electron chi connectivity index (χ1n) is 7.71. The molecule has 0 atom stereocenters. The Morgan fingerprint density at radius 2 is 1.92 bits per heavy atom.